The molecule has 1 aromatic rings. The predicted octanol–water partition coefficient (Wildman–Crippen LogP) is 4.74. The summed E-state index contributed by atoms with van der Waals surface area (Å²) in [5, 5.41) is 20.4. The van der Waals surface area contributed by atoms with Gasteiger partial charge in [-0.05, 0) is 35.3 Å². The lowest BCUT2D eigenvalue weighted by molar-refractivity contribution is 0.0219. The fraction of sp³-hybridized carbons (Fsp3) is 0.632. The highest BCUT2D eigenvalue weighted by atomic mass is 16.3. The van der Waals surface area contributed by atoms with E-state index in [1.54, 1.807) is 0 Å². The molecule has 114 valence electrons. The van der Waals surface area contributed by atoms with Gasteiger partial charge in [-0.25, -0.2) is 0 Å². The molecule has 0 amide bonds. The summed E-state index contributed by atoms with van der Waals surface area (Å²) in [6.07, 6.45) is 3.12. The van der Waals surface area contributed by atoms with E-state index in [9.17, 15) is 10.4 Å². The van der Waals surface area contributed by atoms with Crippen LogP contribution < -0.4 is 0 Å². The van der Waals surface area contributed by atoms with E-state index in [-0.39, 0.29) is 5.41 Å². The Morgan fingerprint density at radius 1 is 1.29 bits per heavy atom. The zero-order chi connectivity index (χ0) is 15.7. The molecule has 1 aliphatic carbocycles. The van der Waals surface area contributed by atoms with Gasteiger partial charge < -0.3 is 5.11 Å². The molecule has 21 heavy (non-hydrogen) atoms. The van der Waals surface area contributed by atoms with E-state index in [0.717, 1.165) is 24.8 Å². The summed E-state index contributed by atoms with van der Waals surface area (Å²) in [5.74, 6) is 0.516. The van der Waals surface area contributed by atoms with Gasteiger partial charge in [0.15, 0.2) is 0 Å². The molecule has 2 rings (SSSR count). The van der Waals surface area contributed by atoms with Gasteiger partial charge in [0.1, 0.15) is 0 Å². The van der Waals surface area contributed by atoms with Crippen LogP contribution in [-0.4, -0.2) is 5.11 Å². The third kappa shape index (κ3) is 3.30. The van der Waals surface area contributed by atoms with E-state index >= 15 is 0 Å². The van der Waals surface area contributed by atoms with E-state index in [4.69, 9.17) is 0 Å². The summed E-state index contributed by atoms with van der Waals surface area (Å²) in [6.45, 7) is 8.72. The highest BCUT2D eigenvalue weighted by Gasteiger charge is 2.42. The molecule has 0 aromatic heterocycles. The monoisotopic (exact) mass is 285 g/mol. The lowest BCUT2D eigenvalue weighted by Crippen LogP contribution is -2.33. The van der Waals surface area contributed by atoms with Crippen LogP contribution in [0.25, 0.3) is 0 Å². The first-order chi connectivity index (χ1) is 9.78. The Morgan fingerprint density at radius 3 is 2.38 bits per heavy atom. The molecule has 1 saturated carbocycles. The summed E-state index contributed by atoms with van der Waals surface area (Å²) in [5.41, 5.74) is 1.62. The fourth-order valence-corrected chi connectivity index (χ4v) is 3.49. The van der Waals surface area contributed by atoms with E-state index < -0.39 is 11.5 Å². The summed E-state index contributed by atoms with van der Waals surface area (Å²) < 4.78 is 0. The van der Waals surface area contributed by atoms with Crippen molar-refractivity contribution in [2.45, 2.75) is 64.9 Å². The van der Waals surface area contributed by atoms with Gasteiger partial charge in [0.05, 0.1) is 17.6 Å². The molecule has 0 radical (unpaired) electrons. The molecule has 0 aliphatic heterocycles. The minimum Gasteiger partial charge on any atom is -0.387 e. The second-order valence-electron chi connectivity index (χ2n) is 7.74. The molecular formula is C19H27NO. The van der Waals surface area contributed by atoms with Crippen LogP contribution in [0.15, 0.2) is 24.3 Å². The van der Waals surface area contributed by atoms with Crippen molar-refractivity contribution in [3.05, 3.63) is 35.4 Å². The molecule has 2 nitrogen and oxygen atoms in total. The SMILES string of the molecule is CC1CCCC(C#N)(C(O)c2ccc(C(C)(C)C)cc2)C1. The second kappa shape index (κ2) is 5.81. The molecular weight excluding hydrogens is 258 g/mol. The van der Waals surface area contributed by atoms with Crippen molar-refractivity contribution in [2.24, 2.45) is 11.3 Å². The minimum absolute atomic E-state index is 0.107. The molecule has 3 atom stereocenters. The van der Waals surface area contributed by atoms with Crippen LogP contribution in [0, 0.1) is 22.7 Å². The molecule has 1 aliphatic rings. The Balaban J connectivity index is 2.26. The number of hydrogen-bond donors (Lipinski definition) is 1. The lowest BCUT2D eigenvalue weighted by Gasteiger charge is -2.38. The minimum atomic E-state index is -0.681. The predicted molar refractivity (Wildman–Crippen MR) is 85.8 cm³/mol. The molecule has 0 heterocycles. The molecule has 3 unspecified atom stereocenters. The first kappa shape index (κ1) is 16.0. The van der Waals surface area contributed by atoms with Gasteiger partial charge in [0.25, 0.3) is 0 Å². The van der Waals surface area contributed by atoms with Crippen LogP contribution in [-0.2, 0) is 5.41 Å². The number of hydrogen-bond acceptors (Lipinski definition) is 2. The normalized spacial score (nSPS) is 27.9. The van der Waals surface area contributed by atoms with Crippen LogP contribution in [0.4, 0.5) is 0 Å². The van der Waals surface area contributed by atoms with Gasteiger partial charge in [-0.15, -0.1) is 0 Å². The van der Waals surface area contributed by atoms with Gasteiger partial charge in [-0.2, -0.15) is 5.26 Å². The van der Waals surface area contributed by atoms with Crippen LogP contribution >= 0.6 is 0 Å². The van der Waals surface area contributed by atoms with Crippen molar-refractivity contribution in [1.29, 1.82) is 5.26 Å². The summed E-state index contributed by atoms with van der Waals surface area (Å²) >= 11 is 0. The quantitative estimate of drug-likeness (QED) is 0.853. The number of aliphatic hydroxyl groups excluding tert-OH is 1. The van der Waals surface area contributed by atoms with Crippen LogP contribution in [0.2, 0.25) is 0 Å². The van der Waals surface area contributed by atoms with Crippen molar-refractivity contribution in [1.82, 2.24) is 0 Å². The Kier molecular flexibility index (Phi) is 4.44. The maximum atomic E-state index is 10.8. The van der Waals surface area contributed by atoms with E-state index in [0.29, 0.717) is 5.92 Å². The zero-order valence-corrected chi connectivity index (χ0v) is 13.7. The molecule has 0 spiro atoms. The third-order valence-corrected chi connectivity index (χ3v) is 4.87. The number of nitriles is 1. The zero-order valence-electron chi connectivity index (χ0n) is 13.7. The highest BCUT2D eigenvalue weighted by Crippen LogP contribution is 2.47. The fourth-order valence-electron chi connectivity index (χ4n) is 3.49. The van der Waals surface area contributed by atoms with Gasteiger partial charge in [-0.3, -0.25) is 0 Å². The maximum Gasteiger partial charge on any atom is 0.0976 e. The topological polar surface area (TPSA) is 44.0 Å². The first-order valence-corrected chi connectivity index (χ1v) is 7.98. The van der Waals surface area contributed by atoms with Crippen molar-refractivity contribution < 1.29 is 5.11 Å². The van der Waals surface area contributed by atoms with Gasteiger partial charge in [0.2, 0.25) is 0 Å². The molecule has 1 N–H and O–H groups in total. The number of nitrogens with zero attached hydrogens (tertiary/aromatic N) is 1. The van der Waals surface area contributed by atoms with E-state index in [1.807, 2.05) is 12.1 Å². The molecule has 0 saturated heterocycles. The standard InChI is InChI=1S/C19H27NO/c1-14-6-5-11-19(12-14,13-20)17(21)15-7-9-16(10-8-15)18(2,3)4/h7-10,14,17,21H,5-6,11-12H2,1-4H3. The van der Waals surface area contributed by atoms with E-state index in [1.165, 1.54) is 12.0 Å². The van der Waals surface area contributed by atoms with Crippen molar-refractivity contribution in [3.63, 3.8) is 0 Å². The lowest BCUT2D eigenvalue weighted by atomic mass is 9.66. The van der Waals surface area contributed by atoms with Crippen LogP contribution in [0.1, 0.15) is 70.6 Å². The first-order valence-electron chi connectivity index (χ1n) is 7.98. The van der Waals surface area contributed by atoms with Crippen molar-refractivity contribution >= 4 is 0 Å². The van der Waals surface area contributed by atoms with Crippen LogP contribution in [0.3, 0.4) is 0 Å². The summed E-state index contributed by atoms with van der Waals surface area (Å²) in [7, 11) is 0. The maximum absolute atomic E-state index is 10.8. The number of aliphatic hydroxyl groups is 1. The molecule has 1 aromatic carbocycles. The van der Waals surface area contributed by atoms with Crippen LogP contribution in [0.5, 0.6) is 0 Å². The number of benzene rings is 1. The van der Waals surface area contributed by atoms with Gasteiger partial charge >= 0.3 is 0 Å². The Hall–Kier alpha value is -1.33. The average molecular weight is 285 g/mol. The largest absolute Gasteiger partial charge is 0.387 e. The molecule has 2 heteroatoms. The van der Waals surface area contributed by atoms with Crippen molar-refractivity contribution in [3.8, 4) is 6.07 Å². The van der Waals surface area contributed by atoms with E-state index in [2.05, 4.69) is 45.9 Å². The molecule has 1 fully saturated rings. The second-order valence-corrected chi connectivity index (χ2v) is 7.74. The highest BCUT2D eigenvalue weighted by molar-refractivity contribution is 5.30. The summed E-state index contributed by atoms with van der Waals surface area (Å²) in [6, 6.07) is 10.6. The Labute approximate surface area is 128 Å². The van der Waals surface area contributed by atoms with Gasteiger partial charge in [-0.1, -0.05) is 64.8 Å². The number of rotatable bonds is 2. The average Bonchev–Trinajstić information content (AvgIpc) is 2.45. The smallest absolute Gasteiger partial charge is 0.0976 e. The third-order valence-electron chi connectivity index (χ3n) is 4.87. The van der Waals surface area contributed by atoms with Gasteiger partial charge in [0, 0.05) is 0 Å². The molecule has 0 bridgehead atoms. The Morgan fingerprint density at radius 2 is 1.90 bits per heavy atom. The van der Waals surface area contributed by atoms with Crippen molar-refractivity contribution in [2.75, 3.05) is 0 Å². The Bertz CT molecular complexity index is 520. The summed E-state index contributed by atoms with van der Waals surface area (Å²) in [4.78, 5) is 0.